The summed E-state index contributed by atoms with van der Waals surface area (Å²) in [6, 6.07) is 18.5. The van der Waals surface area contributed by atoms with Crippen molar-refractivity contribution < 1.29 is 51.6 Å². The van der Waals surface area contributed by atoms with Gasteiger partial charge in [-0.1, -0.05) is 36.4 Å². The van der Waals surface area contributed by atoms with Gasteiger partial charge in [-0.3, -0.25) is 9.59 Å². The number of nitrogens with two attached hydrogens (primary N) is 1. The van der Waals surface area contributed by atoms with E-state index >= 15 is 0 Å². The molecule has 0 spiro atoms. The molecule has 3 rings (SSSR count). The highest BCUT2D eigenvalue weighted by Gasteiger charge is 2.25. The van der Waals surface area contributed by atoms with Gasteiger partial charge in [0.05, 0.1) is 22.8 Å². The van der Waals surface area contributed by atoms with E-state index in [1.165, 1.54) is 41.3 Å². The second-order valence-corrected chi connectivity index (χ2v) is 14.8. The number of ether oxygens (including phenoxy) is 4. The molecule has 0 radical (unpaired) electrons. The average molecular weight is 729 g/mol. The molecule has 51 heavy (non-hydrogen) atoms. The Hall–Kier alpha value is -5.35. The fraction of sp³-hybridized carbons (Fsp3) is 0.371. The minimum Gasteiger partial charge on any atom is -0.480 e. The van der Waals surface area contributed by atoms with E-state index in [1.807, 2.05) is 0 Å². The summed E-state index contributed by atoms with van der Waals surface area (Å²) in [7, 11) is -3.89. The topological polar surface area (TPSA) is 204 Å². The van der Waals surface area contributed by atoms with Crippen molar-refractivity contribution in [1.82, 2.24) is 5.32 Å². The summed E-state index contributed by atoms with van der Waals surface area (Å²) in [5.41, 5.74) is -0.479. The highest BCUT2D eigenvalue weighted by Crippen LogP contribution is 2.31. The fourth-order valence-corrected chi connectivity index (χ4v) is 5.05. The predicted octanol–water partition coefficient (Wildman–Crippen LogP) is 4.68. The molecule has 0 aliphatic heterocycles. The number of carbonyl (C=O) groups excluding carboxylic acids is 3. The molecule has 0 unspecified atom stereocenters. The molecule has 0 saturated carbocycles. The number of carboxylic acids is 1. The monoisotopic (exact) mass is 728 g/mol. The Labute approximate surface area is 297 Å². The highest BCUT2D eigenvalue weighted by atomic mass is 32.2. The van der Waals surface area contributed by atoms with Gasteiger partial charge in [0.2, 0.25) is 15.9 Å². The SMILES string of the molecule is CC(C)(C)OC(=O)Oc1ccccc1N(CCN(CC(=O)NCc1ccc(S(N)(=O)=O)cc1)c1ccccc1OC(=O)OC(C)(C)C)CC(=O)O. The lowest BCUT2D eigenvalue weighted by Gasteiger charge is -2.31. The third kappa shape index (κ3) is 13.8. The first-order valence-electron chi connectivity index (χ1n) is 15.8. The van der Waals surface area contributed by atoms with E-state index in [0.29, 0.717) is 11.3 Å². The predicted molar refractivity (Wildman–Crippen MR) is 188 cm³/mol. The van der Waals surface area contributed by atoms with Crippen LogP contribution in [-0.2, 0) is 35.6 Å². The van der Waals surface area contributed by atoms with Crippen molar-refractivity contribution in [1.29, 1.82) is 0 Å². The molecule has 0 fully saturated rings. The number of amides is 1. The Bertz CT molecular complexity index is 1800. The molecule has 0 aliphatic rings. The molecule has 0 saturated heterocycles. The molecule has 0 bridgehead atoms. The normalized spacial score (nSPS) is 11.6. The van der Waals surface area contributed by atoms with Crippen LogP contribution < -0.4 is 29.7 Å². The third-order valence-corrected chi connectivity index (χ3v) is 7.55. The first-order valence-corrected chi connectivity index (χ1v) is 17.3. The molecule has 3 aromatic carbocycles. The van der Waals surface area contributed by atoms with Crippen LogP contribution in [0.4, 0.5) is 21.0 Å². The summed E-state index contributed by atoms with van der Waals surface area (Å²) in [6.07, 6.45) is -1.95. The molecule has 0 aliphatic carbocycles. The largest absolute Gasteiger partial charge is 0.514 e. The molecule has 0 aromatic heterocycles. The van der Waals surface area contributed by atoms with Gasteiger partial charge >= 0.3 is 18.3 Å². The zero-order valence-electron chi connectivity index (χ0n) is 29.4. The number of carbonyl (C=O) groups is 4. The van der Waals surface area contributed by atoms with Gasteiger partial charge in [0.1, 0.15) is 17.7 Å². The molecule has 16 heteroatoms. The van der Waals surface area contributed by atoms with Crippen LogP contribution in [-0.4, -0.2) is 75.1 Å². The zero-order chi connectivity index (χ0) is 38.0. The van der Waals surface area contributed by atoms with Crippen molar-refractivity contribution in [2.45, 2.75) is 64.2 Å². The fourth-order valence-electron chi connectivity index (χ4n) is 4.53. The van der Waals surface area contributed by atoms with Crippen LogP contribution in [0.15, 0.2) is 77.7 Å². The number of benzene rings is 3. The van der Waals surface area contributed by atoms with Crippen LogP contribution in [0.2, 0.25) is 0 Å². The number of hydrogen-bond acceptors (Lipinski definition) is 12. The van der Waals surface area contributed by atoms with Gasteiger partial charge in [-0.2, -0.15) is 0 Å². The molecule has 4 N–H and O–H groups in total. The standard InChI is InChI=1S/C35H44N4O11S/c1-34(2,3)49-32(43)47-28-13-9-7-11-26(28)38(22-30(40)37-21-24-15-17-25(18-16-24)51(36,45)46)19-20-39(23-31(41)42)27-12-8-10-14-29(27)48-33(44)50-35(4,5)6/h7-18H,19-23H2,1-6H3,(H,37,40)(H,41,42)(H2,36,45,46). The summed E-state index contributed by atoms with van der Waals surface area (Å²) >= 11 is 0. The number of hydrogen-bond donors (Lipinski definition) is 3. The second kappa shape index (κ2) is 17.0. The van der Waals surface area contributed by atoms with Gasteiger partial charge in [-0.25, -0.2) is 23.1 Å². The van der Waals surface area contributed by atoms with Crippen LogP contribution in [0.1, 0.15) is 47.1 Å². The van der Waals surface area contributed by atoms with Gasteiger partial charge < -0.3 is 39.2 Å². The Balaban J connectivity index is 1.91. The molecule has 276 valence electrons. The van der Waals surface area contributed by atoms with E-state index < -0.39 is 52.0 Å². The first-order chi connectivity index (χ1) is 23.7. The smallest absolute Gasteiger partial charge is 0.480 e. The van der Waals surface area contributed by atoms with Crippen LogP contribution in [0.3, 0.4) is 0 Å². The van der Waals surface area contributed by atoms with Crippen molar-refractivity contribution in [3.05, 3.63) is 78.4 Å². The number of primary sulfonamides is 1. The minimum absolute atomic E-state index is 0.00985. The third-order valence-electron chi connectivity index (χ3n) is 6.62. The van der Waals surface area contributed by atoms with Crippen molar-refractivity contribution >= 4 is 45.6 Å². The molecule has 0 atom stereocenters. The van der Waals surface area contributed by atoms with Gasteiger partial charge in [-0.05, 0) is 83.5 Å². The zero-order valence-corrected chi connectivity index (χ0v) is 30.2. The summed E-state index contributed by atoms with van der Waals surface area (Å²) in [5, 5.41) is 17.8. The number of aliphatic carboxylic acids is 1. The van der Waals surface area contributed by atoms with E-state index in [2.05, 4.69) is 5.32 Å². The second-order valence-electron chi connectivity index (χ2n) is 13.3. The summed E-state index contributed by atoms with van der Waals surface area (Å²) in [5.74, 6) is -1.50. The molecular formula is C35H44N4O11S. The number of nitrogens with zero attached hydrogens (tertiary/aromatic N) is 2. The number of rotatable bonds is 14. The van der Waals surface area contributed by atoms with Gasteiger partial charge in [0.25, 0.3) is 0 Å². The van der Waals surface area contributed by atoms with Crippen molar-refractivity contribution in [3.8, 4) is 11.5 Å². The molecule has 3 aromatic rings. The van der Waals surface area contributed by atoms with Crippen LogP contribution >= 0.6 is 0 Å². The van der Waals surface area contributed by atoms with E-state index in [4.69, 9.17) is 24.1 Å². The first kappa shape index (κ1) is 40.1. The number of carboxylic acid groups (broad SMARTS) is 1. The molecule has 0 heterocycles. The van der Waals surface area contributed by atoms with Crippen LogP contribution in [0, 0.1) is 0 Å². The van der Waals surface area contributed by atoms with E-state index in [9.17, 15) is 32.7 Å². The maximum atomic E-state index is 13.3. The van der Waals surface area contributed by atoms with Crippen LogP contribution in [0.5, 0.6) is 11.5 Å². The quantitative estimate of drug-likeness (QED) is 0.153. The summed E-state index contributed by atoms with van der Waals surface area (Å²) in [6.45, 7) is 9.35. The summed E-state index contributed by atoms with van der Waals surface area (Å²) in [4.78, 5) is 53.5. The Morgan fingerprint density at radius 1 is 0.706 bits per heavy atom. The average Bonchev–Trinajstić information content (AvgIpc) is 3.00. The molecule has 1 amide bonds. The number of anilines is 2. The molecule has 15 nitrogen and oxygen atoms in total. The maximum absolute atomic E-state index is 13.3. The maximum Gasteiger partial charge on any atom is 0.514 e. The van der Waals surface area contributed by atoms with Gasteiger partial charge in [0.15, 0.2) is 11.5 Å². The van der Waals surface area contributed by atoms with Gasteiger partial charge in [-0.15, -0.1) is 0 Å². The lowest BCUT2D eigenvalue weighted by atomic mass is 10.2. The van der Waals surface area contributed by atoms with Crippen molar-refractivity contribution in [2.24, 2.45) is 5.14 Å². The van der Waals surface area contributed by atoms with E-state index in [-0.39, 0.29) is 48.3 Å². The van der Waals surface area contributed by atoms with Crippen molar-refractivity contribution in [3.63, 3.8) is 0 Å². The summed E-state index contributed by atoms with van der Waals surface area (Å²) < 4.78 is 44.8. The Kier molecular flexibility index (Phi) is 13.4. The lowest BCUT2D eigenvalue weighted by Crippen LogP contribution is -2.43. The number of nitrogens with one attached hydrogen (secondary N) is 1. The van der Waals surface area contributed by atoms with Gasteiger partial charge in [0, 0.05) is 19.6 Å². The molecular weight excluding hydrogens is 684 g/mol. The minimum atomic E-state index is -3.89. The Morgan fingerprint density at radius 2 is 1.14 bits per heavy atom. The van der Waals surface area contributed by atoms with Crippen LogP contribution in [0.25, 0.3) is 0 Å². The lowest BCUT2D eigenvalue weighted by molar-refractivity contribution is -0.135. The van der Waals surface area contributed by atoms with Crippen molar-refractivity contribution in [2.75, 3.05) is 36.0 Å². The number of para-hydroxylation sites is 4. The Morgan fingerprint density at radius 3 is 1.55 bits per heavy atom. The van der Waals surface area contributed by atoms with E-state index in [1.54, 1.807) is 82.8 Å². The highest BCUT2D eigenvalue weighted by molar-refractivity contribution is 7.89. The number of sulfonamides is 1. The van der Waals surface area contributed by atoms with E-state index in [0.717, 1.165) is 0 Å².